The van der Waals surface area contributed by atoms with Crippen LogP contribution in [0.4, 0.5) is 11.5 Å². The van der Waals surface area contributed by atoms with Gasteiger partial charge in [0.05, 0.1) is 23.9 Å². The van der Waals surface area contributed by atoms with E-state index in [9.17, 15) is 24.5 Å². The molecule has 0 aliphatic heterocycles. The van der Waals surface area contributed by atoms with Gasteiger partial charge in [0, 0.05) is 31.3 Å². The number of aryl methyl sites for hydroxylation is 1. The average molecular weight is 457 g/mol. The van der Waals surface area contributed by atoms with Crippen LogP contribution < -0.4 is 16.0 Å². The molecule has 0 radical (unpaired) electrons. The van der Waals surface area contributed by atoms with E-state index >= 15 is 0 Å². The van der Waals surface area contributed by atoms with E-state index in [1.54, 1.807) is 6.20 Å². The third-order valence-corrected chi connectivity index (χ3v) is 4.70. The quantitative estimate of drug-likeness (QED) is 0.202. The molecule has 0 bridgehead atoms. The van der Waals surface area contributed by atoms with Crippen LogP contribution in [-0.4, -0.2) is 45.9 Å². The Balaban J connectivity index is 1.74. The van der Waals surface area contributed by atoms with Crippen molar-refractivity contribution < 1.29 is 24.4 Å². The minimum atomic E-state index is -1.18. The summed E-state index contributed by atoms with van der Waals surface area (Å²) in [7, 11) is 0. The fraction of sp³-hybridized carbons (Fsp3) is 0.364. The number of nitrogens with one attached hydrogen (secondary N) is 3. The van der Waals surface area contributed by atoms with E-state index in [-0.39, 0.29) is 24.6 Å². The van der Waals surface area contributed by atoms with E-state index in [0.717, 1.165) is 17.8 Å². The number of nitrogens with zero attached hydrogens (tertiary/aromatic N) is 2. The second-order valence-corrected chi connectivity index (χ2v) is 7.45. The number of amides is 2. The molecule has 0 saturated carbocycles. The van der Waals surface area contributed by atoms with Gasteiger partial charge in [-0.3, -0.25) is 24.5 Å². The van der Waals surface area contributed by atoms with Crippen LogP contribution >= 0.6 is 0 Å². The molecule has 0 aliphatic rings. The van der Waals surface area contributed by atoms with Crippen molar-refractivity contribution in [2.75, 3.05) is 18.4 Å². The second kappa shape index (κ2) is 12.7. The first kappa shape index (κ1) is 25.2. The van der Waals surface area contributed by atoms with Gasteiger partial charge in [-0.2, -0.15) is 0 Å². The summed E-state index contributed by atoms with van der Waals surface area (Å²) in [5.41, 5.74) is 1.18. The molecule has 176 valence electrons. The Bertz CT molecular complexity index is 997. The number of carboxylic acid groups (broad SMARTS) is 1. The van der Waals surface area contributed by atoms with Gasteiger partial charge in [-0.1, -0.05) is 12.1 Å². The highest BCUT2D eigenvalue weighted by Crippen LogP contribution is 2.21. The number of benzene rings is 1. The van der Waals surface area contributed by atoms with Gasteiger partial charge in [0.15, 0.2) is 0 Å². The number of carboxylic acids is 1. The number of unbranched alkanes of at least 4 members (excludes halogenated alkanes) is 1. The van der Waals surface area contributed by atoms with Crippen LogP contribution in [0.1, 0.15) is 42.9 Å². The molecule has 2 rings (SSSR count). The molecular formula is C22H27N5O6. The molecule has 0 fully saturated rings. The van der Waals surface area contributed by atoms with E-state index < -0.39 is 29.3 Å². The molecule has 1 atom stereocenters. The number of non-ortho nitro benzene ring substituents is 1. The molecular weight excluding hydrogens is 430 g/mol. The number of carbonyl (C=O) groups is 3. The predicted molar refractivity (Wildman–Crippen MR) is 121 cm³/mol. The number of pyridine rings is 1. The average Bonchev–Trinajstić information content (AvgIpc) is 2.77. The zero-order valence-electron chi connectivity index (χ0n) is 18.2. The fourth-order valence-corrected chi connectivity index (χ4v) is 3.05. The highest BCUT2D eigenvalue weighted by Gasteiger charge is 2.20. The lowest BCUT2D eigenvalue weighted by Gasteiger charge is -2.17. The molecule has 1 aromatic heterocycles. The van der Waals surface area contributed by atoms with E-state index in [2.05, 4.69) is 20.9 Å². The van der Waals surface area contributed by atoms with Gasteiger partial charge in [-0.15, -0.1) is 0 Å². The van der Waals surface area contributed by atoms with Crippen LogP contribution in [0.3, 0.4) is 0 Å². The van der Waals surface area contributed by atoms with Gasteiger partial charge < -0.3 is 21.1 Å². The van der Waals surface area contributed by atoms with E-state index in [1.165, 1.54) is 24.3 Å². The van der Waals surface area contributed by atoms with Gasteiger partial charge in [-0.25, -0.2) is 4.98 Å². The van der Waals surface area contributed by atoms with E-state index in [0.29, 0.717) is 18.5 Å². The minimum absolute atomic E-state index is 0.210. The highest BCUT2D eigenvalue weighted by molar-refractivity contribution is 5.85. The SMILES string of the molecule is Cc1ccnc(NCCCCC(=O)NCC(=O)NC(CC(=O)O)c2cccc([N+](=O)[O-])c2)c1. The van der Waals surface area contributed by atoms with Gasteiger partial charge in [-0.05, 0) is 43.0 Å². The standard InChI is InChI=1S/C22H27N5O6/c1-15-8-10-24-19(11-15)23-9-3-2-7-20(28)25-14-21(29)26-18(13-22(30)31)16-5-4-6-17(12-16)27(32)33/h4-6,8,10-12,18H,2-3,7,9,13-14H2,1H3,(H,23,24)(H,25,28)(H,26,29)(H,30,31). The van der Waals surface area contributed by atoms with E-state index in [1.807, 2.05) is 19.1 Å². The maximum Gasteiger partial charge on any atom is 0.305 e. The second-order valence-electron chi connectivity index (χ2n) is 7.45. The Kier molecular flexibility index (Phi) is 9.75. The number of nitro groups is 1. The topological polar surface area (TPSA) is 164 Å². The van der Waals surface area contributed by atoms with Crippen LogP contribution in [0.15, 0.2) is 42.6 Å². The predicted octanol–water partition coefficient (Wildman–Crippen LogP) is 2.33. The molecule has 33 heavy (non-hydrogen) atoms. The van der Waals surface area contributed by atoms with Crippen molar-refractivity contribution >= 4 is 29.3 Å². The molecule has 11 heteroatoms. The molecule has 1 unspecified atom stereocenters. The number of aromatic nitrogens is 1. The van der Waals surface area contributed by atoms with Crippen molar-refractivity contribution in [1.82, 2.24) is 15.6 Å². The number of hydrogen-bond donors (Lipinski definition) is 4. The Labute approximate surface area is 190 Å². The summed E-state index contributed by atoms with van der Waals surface area (Å²) in [5, 5.41) is 28.3. The maximum absolute atomic E-state index is 12.2. The molecule has 1 heterocycles. The van der Waals surface area contributed by atoms with Crippen LogP contribution in [0.5, 0.6) is 0 Å². The summed E-state index contributed by atoms with van der Waals surface area (Å²) in [6.45, 7) is 2.31. The van der Waals surface area contributed by atoms with Crippen LogP contribution in [0.25, 0.3) is 0 Å². The summed E-state index contributed by atoms with van der Waals surface area (Å²) in [4.78, 5) is 49.9. The van der Waals surface area contributed by atoms with Crippen LogP contribution in [0, 0.1) is 17.0 Å². The molecule has 4 N–H and O–H groups in total. The third-order valence-electron chi connectivity index (χ3n) is 4.70. The van der Waals surface area contributed by atoms with Gasteiger partial charge in [0.1, 0.15) is 5.82 Å². The molecule has 11 nitrogen and oxygen atoms in total. The highest BCUT2D eigenvalue weighted by atomic mass is 16.6. The van der Waals surface area contributed by atoms with Crippen LogP contribution in [-0.2, 0) is 14.4 Å². The van der Waals surface area contributed by atoms with E-state index in [4.69, 9.17) is 5.11 Å². The zero-order chi connectivity index (χ0) is 24.2. The van der Waals surface area contributed by atoms with Crippen molar-refractivity contribution in [3.8, 4) is 0 Å². The summed E-state index contributed by atoms with van der Waals surface area (Å²) >= 11 is 0. The number of anilines is 1. The van der Waals surface area contributed by atoms with Gasteiger partial charge in [0.25, 0.3) is 5.69 Å². The molecule has 0 aliphatic carbocycles. The summed E-state index contributed by atoms with van der Waals surface area (Å²) in [6, 6.07) is 8.27. The lowest BCUT2D eigenvalue weighted by Crippen LogP contribution is -2.39. The molecule has 0 saturated heterocycles. The van der Waals surface area contributed by atoms with Crippen molar-refractivity contribution in [1.29, 1.82) is 0 Å². The third kappa shape index (κ3) is 9.33. The van der Waals surface area contributed by atoms with Gasteiger partial charge in [0.2, 0.25) is 11.8 Å². The molecule has 2 aromatic rings. The summed E-state index contributed by atoms with van der Waals surface area (Å²) in [5.74, 6) is -1.29. The Morgan fingerprint density at radius 1 is 1.15 bits per heavy atom. The molecule has 1 aromatic carbocycles. The first-order valence-corrected chi connectivity index (χ1v) is 10.4. The number of rotatable bonds is 13. The monoisotopic (exact) mass is 457 g/mol. The fourth-order valence-electron chi connectivity index (χ4n) is 3.05. The van der Waals surface area contributed by atoms with Crippen molar-refractivity contribution in [2.45, 2.75) is 38.6 Å². The molecule has 0 spiro atoms. The zero-order valence-corrected chi connectivity index (χ0v) is 18.2. The normalized spacial score (nSPS) is 11.3. The lowest BCUT2D eigenvalue weighted by atomic mass is 10.0. The smallest absolute Gasteiger partial charge is 0.305 e. The lowest BCUT2D eigenvalue weighted by molar-refractivity contribution is -0.384. The number of hydrogen-bond acceptors (Lipinski definition) is 7. The van der Waals surface area contributed by atoms with Crippen molar-refractivity contribution in [3.05, 3.63) is 63.8 Å². The Morgan fingerprint density at radius 2 is 1.94 bits per heavy atom. The Morgan fingerprint density at radius 3 is 2.64 bits per heavy atom. The number of carbonyl (C=O) groups excluding carboxylic acids is 2. The largest absolute Gasteiger partial charge is 0.481 e. The number of nitro benzene ring substituents is 1. The Hall–Kier alpha value is -4.02. The van der Waals surface area contributed by atoms with Crippen LogP contribution in [0.2, 0.25) is 0 Å². The first-order valence-electron chi connectivity index (χ1n) is 10.4. The summed E-state index contributed by atoms with van der Waals surface area (Å²) < 4.78 is 0. The first-order chi connectivity index (χ1) is 15.7. The van der Waals surface area contributed by atoms with Gasteiger partial charge >= 0.3 is 5.97 Å². The van der Waals surface area contributed by atoms with Crippen molar-refractivity contribution in [3.63, 3.8) is 0 Å². The molecule has 2 amide bonds. The summed E-state index contributed by atoms with van der Waals surface area (Å²) in [6.07, 6.45) is 2.85. The van der Waals surface area contributed by atoms with Crippen molar-refractivity contribution in [2.24, 2.45) is 0 Å². The number of aliphatic carboxylic acids is 1. The maximum atomic E-state index is 12.2. The minimum Gasteiger partial charge on any atom is -0.481 e.